The van der Waals surface area contributed by atoms with Gasteiger partial charge in [-0.3, -0.25) is 0 Å². The summed E-state index contributed by atoms with van der Waals surface area (Å²) in [6.07, 6.45) is 0. The average molecular weight is 245 g/mol. The first-order valence-electron chi connectivity index (χ1n) is 5.38. The number of benzene rings is 2. The Kier molecular flexibility index (Phi) is 4.20. The minimum absolute atomic E-state index is 0.143. The van der Waals surface area contributed by atoms with Gasteiger partial charge in [0, 0.05) is 6.07 Å². The van der Waals surface area contributed by atoms with E-state index >= 15 is 0 Å². The first-order valence-corrected chi connectivity index (χ1v) is 5.38. The molecule has 3 nitrogen and oxygen atoms in total. The molecule has 0 saturated carbocycles. The highest BCUT2D eigenvalue weighted by Gasteiger charge is 2.06. The molecular formula is C13H11BFO3. The molecule has 0 saturated heterocycles. The molecule has 18 heavy (non-hydrogen) atoms. The first kappa shape index (κ1) is 12.5. The van der Waals surface area contributed by atoms with Crippen LogP contribution in [-0.4, -0.2) is 12.7 Å². The van der Waals surface area contributed by atoms with E-state index in [4.69, 9.17) is 9.76 Å². The lowest BCUT2D eigenvalue weighted by atomic mass is 10.2. The highest BCUT2D eigenvalue weighted by Crippen LogP contribution is 2.23. The van der Waals surface area contributed by atoms with Crippen LogP contribution in [-0.2, 0) is 6.61 Å². The zero-order valence-electron chi connectivity index (χ0n) is 9.54. The van der Waals surface area contributed by atoms with Crippen molar-refractivity contribution >= 4 is 7.69 Å². The molecule has 91 valence electrons. The zero-order valence-corrected chi connectivity index (χ0v) is 9.54. The van der Waals surface area contributed by atoms with E-state index in [0.717, 1.165) is 11.6 Å². The highest BCUT2D eigenvalue weighted by atomic mass is 19.1. The van der Waals surface area contributed by atoms with Gasteiger partial charge < -0.3 is 14.4 Å². The largest absolute Gasteiger partial charge is 0.569 e. The average Bonchev–Trinajstić information content (AvgIpc) is 2.39. The molecule has 0 aromatic heterocycles. The summed E-state index contributed by atoms with van der Waals surface area (Å²) in [5.74, 6) is -0.184. The molecule has 0 atom stereocenters. The maximum atomic E-state index is 13.6. The van der Waals surface area contributed by atoms with Gasteiger partial charge in [0.05, 0.1) is 0 Å². The Balaban J connectivity index is 2.01. The number of rotatable bonds is 5. The van der Waals surface area contributed by atoms with Crippen molar-refractivity contribution in [3.8, 4) is 11.5 Å². The van der Waals surface area contributed by atoms with Gasteiger partial charge in [-0.05, 0) is 17.7 Å². The van der Waals surface area contributed by atoms with E-state index in [0.29, 0.717) is 14.3 Å². The van der Waals surface area contributed by atoms with Gasteiger partial charge in [0.25, 0.3) is 0 Å². The second kappa shape index (κ2) is 6.07. The predicted molar refractivity (Wildman–Crippen MR) is 65.8 cm³/mol. The minimum Gasteiger partial charge on any atom is -0.537 e. The lowest BCUT2D eigenvalue weighted by Crippen LogP contribution is -2.01. The number of hydrogen-bond donors (Lipinski definition) is 1. The van der Waals surface area contributed by atoms with Crippen LogP contribution in [0.25, 0.3) is 0 Å². The first-order chi connectivity index (χ1) is 8.79. The smallest absolute Gasteiger partial charge is 0.537 e. The summed E-state index contributed by atoms with van der Waals surface area (Å²) in [7, 11) is 0.499. The Morgan fingerprint density at radius 1 is 1.11 bits per heavy atom. The predicted octanol–water partition coefficient (Wildman–Crippen LogP) is 2.31. The van der Waals surface area contributed by atoms with Crippen molar-refractivity contribution in [1.29, 1.82) is 0 Å². The summed E-state index contributed by atoms with van der Waals surface area (Å²) >= 11 is 0. The van der Waals surface area contributed by atoms with Crippen molar-refractivity contribution in [2.45, 2.75) is 6.61 Å². The van der Waals surface area contributed by atoms with Crippen LogP contribution in [0.15, 0.2) is 48.5 Å². The van der Waals surface area contributed by atoms with Crippen molar-refractivity contribution < 1.29 is 18.8 Å². The summed E-state index contributed by atoms with van der Waals surface area (Å²) in [4.78, 5) is 0. The van der Waals surface area contributed by atoms with Crippen molar-refractivity contribution in [3.05, 3.63) is 59.9 Å². The van der Waals surface area contributed by atoms with E-state index in [1.54, 1.807) is 0 Å². The van der Waals surface area contributed by atoms with Gasteiger partial charge in [-0.1, -0.05) is 30.3 Å². The van der Waals surface area contributed by atoms with Crippen LogP contribution in [0.5, 0.6) is 11.5 Å². The van der Waals surface area contributed by atoms with Crippen LogP contribution in [0.2, 0.25) is 0 Å². The van der Waals surface area contributed by atoms with Crippen LogP contribution < -0.4 is 9.39 Å². The topological polar surface area (TPSA) is 38.7 Å². The van der Waals surface area contributed by atoms with Crippen molar-refractivity contribution in [1.82, 2.24) is 0 Å². The second-order valence-electron chi connectivity index (χ2n) is 3.59. The van der Waals surface area contributed by atoms with E-state index in [2.05, 4.69) is 4.65 Å². The monoisotopic (exact) mass is 245 g/mol. The molecule has 5 heteroatoms. The second-order valence-corrected chi connectivity index (χ2v) is 3.59. The lowest BCUT2D eigenvalue weighted by molar-refractivity contribution is 0.289. The van der Waals surface area contributed by atoms with Crippen LogP contribution in [0.1, 0.15) is 5.56 Å². The van der Waals surface area contributed by atoms with Gasteiger partial charge in [-0.25, -0.2) is 4.39 Å². The molecule has 2 aromatic rings. The Morgan fingerprint density at radius 2 is 1.89 bits per heavy atom. The maximum absolute atomic E-state index is 13.6. The highest BCUT2D eigenvalue weighted by molar-refractivity contribution is 6.17. The molecule has 0 aliphatic heterocycles. The number of ether oxygens (including phenoxy) is 1. The molecule has 0 bridgehead atoms. The third kappa shape index (κ3) is 3.24. The van der Waals surface area contributed by atoms with Crippen molar-refractivity contribution in [3.63, 3.8) is 0 Å². The molecular weight excluding hydrogens is 234 g/mol. The van der Waals surface area contributed by atoms with E-state index < -0.39 is 5.82 Å². The Morgan fingerprint density at radius 3 is 2.56 bits per heavy atom. The fourth-order valence-electron chi connectivity index (χ4n) is 1.47. The number of hydrogen-bond acceptors (Lipinski definition) is 3. The van der Waals surface area contributed by atoms with Crippen LogP contribution >= 0.6 is 0 Å². The lowest BCUT2D eigenvalue weighted by Gasteiger charge is -2.08. The maximum Gasteiger partial charge on any atom is 0.569 e. The van der Waals surface area contributed by atoms with Crippen LogP contribution in [0.3, 0.4) is 0 Å². The summed E-state index contributed by atoms with van der Waals surface area (Å²) in [5.41, 5.74) is 0.959. The van der Waals surface area contributed by atoms with Gasteiger partial charge in [0.1, 0.15) is 12.4 Å². The minimum atomic E-state index is -0.537. The fourth-order valence-corrected chi connectivity index (χ4v) is 1.47. The molecule has 0 fully saturated rings. The third-order valence-electron chi connectivity index (χ3n) is 2.33. The molecule has 1 radical (unpaired) electrons. The Bertz CT molecular complexity index is 505. The van der Waals surface area contributed by atoms with E-state index in [-0.39, 0.29) is 11.5 Å². The Hall–Kier alpha value is -2.01. The zero-order chi connectivity index (χ0) is 12.8. The fraction of sp³-hybridized carbons (Fsp3) is 0.0769. The quantitative estimate of drug-likeness (QED) is 0.821. The molecule has 0 amide bonds. The Labute approximate surface area is 105 Å². The van der Waals surface area contributed by atoms with E-state index in [1.807, 2.05) is 30.3 Å². The van der Waals surface area contributed by atoms with Gasteiger partial charge in [0.15, 0.2) is 11.6 Å². The molecule has 0 heterocycles. The van der Waals surface area contributed by atoms with Gasteiger partial charge in [-0.2, -0.15) is 0 Å². The summed E-state index contributed by atoms with van der Waals surface area (Å²) in [6.45, 7) is 0.296. The van der Waals surface area contributed by atoms with Gasteiger partial charge >= 0.3 is 7.69 Å². The van der Waals surface area contributed by atoms with Crippen molar-refractivity contribution in [2.75, 3.05) is 0 Å². The van der Waals surface area contributed by atoms with Gasteiger partial charge in [0.2, 0.25) is 0 Å². The van der Waals surface area contributed by atoms with Crippen LogP contribution in [0.4, 0.5) is 4.39 Å². The van der Waals surface area contributed by atoms with E-state index in [9.17, 15) is 4.39 Å². The molecule has 2 aromatic carbocycles. The SMILES string of the molecule is O[B]Oc1ccc(OCc2ccccc2)c(F)c1. The molecule has 0 aliphatic carbocycles. The van der Waals surface area contributed by atoms with Crippen LogP contribution in [0, 0.1) is 5.82 Å². The molecule has 0 unspecified atom stereocenters. The summed E-state index contributed by atoms with van der Waals surface area (Å²) < 4.78 is 23.6. The normalized spacial score (nSPS) is 9.89. The molecule has 2 rings (SSSR count). The summed E-state index contributed by atoms with van der Waals surface area (Å²) in [6, 6.07) is 13.6. The third-order valence-corrected chi connectivity index (χ3v) is 2.33. The van der Waals surface area contributed by atoms with Gasteiger partial charge in [-0.15, -0.1) is 0 Å². The number of halogens is 1. The molecule has 0 aliphatic rings. The van der Waals surface area contributed by atoms with Crippen molar-refractivity contribution in [2.24, 2.45) is 0 Å². The molecule has 0 spiro atoms. The molecule has 1 N–H and O–H groups in total. The summed E-state index contributed by atoms with van der Waals surface area (Å²) in [5, 5.41) is 8.43. The van der Waals surface area contributed by atoms with E-state index in [1.165, 1.54) is 12.1 Å². The standard InChI is InChI=1S/C13H11BFO3/c15-12-8-11(18-14-16)6-7-13(12)17-9-10-4-2-1-3-5-10/h1-8,16H,9H2.